The number of fused-ring (bicyclic) bond motifs is 1. The van der Waals surface area contributed by atoms with E-state index in [1.54, 1.807) is 18.6 Å². The van der Waals surface area contributed by atoms with Crippen LogP contribution in [0.25, 0.3) is 33.7 Å². The highest BCUT2D eigenvalue weighted by Crippen LogP contribution is 2.40. The molecule has 1 aliphatic heterocycles. The Morgan fingerprint density at radius 3 is 2.69 bits per heavy atom. The second-order valence-electron chi connectivity index (χ2n) is 11.6. The van der Waals surface area contributed by atoms with Gasteiger partial charge in [-0.3, -0.25) is 19.5 Å². The Morgan fingerprint density at radius 2 is 2.00 bits per heavy atom. The summed E-state index contributed by atoms with van der Waals surface area (Å²) in [6, 6.07) is 1.99. The number of pyridine rings is 2. The van der Waals surface area contributed by atoms with E-state index in [0.717, 1.165) is 42.3 Å². The number of anilines is 1. The van der Waals surface area contributed by atoms with Crippen LogP contribution in [0.5, 0.6) is 0 Å². The van der Waals surface area contributed by atoms with E-state index in [2.05, 4.69) is 45.4 Å². The van der Waals surface area contributed by atoms with Gasteiger partial charge in [-0.1, -0.05) is 50.4 Å². The predicted molar refractivity (Wildman–Crippen MR) is 150 cm³/mol. The molecule has 0 radical (unpaired) electrons. The first kappa shape index (κ1) is 26.0. The van der Waals surface area contributed by atoms with Crippen molar-refractivity contribution >= 4 is 28.6 Å². The number of β-amino-alcohol motifs (C(OH)–C–C–N with tert-alkyl or cyclic N) is 1. The largest absolute Gasteiger partial charge is 0.439 e. The van der Waals surface area contributed by atoms with E-state index in [-0.39, 0.29) is 11.9 Å². The molecule has 1 saturated carbocycles. The second kappa shape index (κ2) is 10.4. The Kier molecular flexibility index (Phi) is 6.93. The van der Waals surface area contributed by atoms with Gasteiger partial charge in [-0.05, 0) is 43.1 Å². The number of nitrogens with zero attached hydrogens (tertiary/aromatic N) is 6. The lowest BCUT2D eigenvalue weighted by Gasteiger charge is -2.31. The van der Waals surface area contributed by atoms with Gasteiger partial charge >= 0.3 is 5.76 Å². The third kappa shape index (κ3) is 4.96. The number of hydrogen-bond acceptors (Lipinski definition) is 8. The zero-order valence-corrected chi connectivity index (χ0v) is 23.2. The first-order valence-electron chi connectivity index (χ1n) is 13.8. The summed E-state index contributed by atoms with van der Waals surface area (Å²) in [5, 5.41) is 15.2. The number of rotatable bonds is 6. The number of halogens is 1. The maximum atomic E-state index is 11.9. The molecular weight excluding hydrogens is 518 g/mol. The van der Waals surface area contributed by atoms with Crippen molar-refractivity contribution < 1.29 is 9.63 Å². The molecule has 0 unspecified atom stereocenters. The molecule has 2 fully saturated rings. The number of H-pyrrole nitrogens is 1. The van der Waals surface area contributed by atoms with E-state index in [9.17, 15) is 9.90 Å². The van der Waals surface area contributed by atoms with E-state index < -0.39 is 11.9 Å². The van der Waals surface area contributed by atoms with Crippen molar-refractivity contribution in [2.24, 2.45) is 17.8 Å². The lowest BCUT2D eigenvalue weighted by atomic mass is 9.83. The van der Waals surface area contributed by atoms with E-state index in [1.165, 1.54) is 12.8 Å². The summed E-state index contributed by atoms with van der Waals surface area (Å²) in [7, 11) is 0. The highest BCUT2D eigenvalue weighted by molar-refractivity contribution is 6.30. The van der Waals surface area contributed by atoms with Gasteiger partial charge in [0.15, 0.2) is 5.82 Å². The van der Waals surface area contributed by atoms with Gasteiger partial charge in [0.2, 0.25) is 5.95 Å². The van der Waals surface area contributed by atoms with Crippen LogP contribution in [-0.2, 0) is 6.54 Å². The molecule has 0 spiro atoms. The van der Waals surface area contributed by atoms with Crippen LogP contribution in [0.3, 0.4) is 0 Å². The van der Waals surface area contributed by atoms with E-state index >= 15 is 0 Å². The summed E-state index contributed by atoms with van der Waals surface area (Å²) < 4.78 is 7.11. The van der Waals surface area contributed by atoms with Gasteiger partial charge < -0.3 is 14.6 Å². The molecule has 0 bridgehead atoms. The summed E-state index contributed by atoms with van der Waals surface area (Å²) in [5.41, 5.74) is 3.55. The highest BCUT2D eigenvalue weighted by atomic mass is 35.5. The molecule has 4 aromatic rings. The Hall–Kier alpha value is -3.24. The predicted octanol–water partition coefficient (Wildman–Crippen LogP) is 4.91. The standard InChI is InChI=1S/C28H34ClN7O3/c1-15(2)22-9-20(37)14-35(22)27-32-24-21(26-33-28(38)39-34-26)12-31-23(18-8-19(29)11-30-10-18)25(24)36(27)13-17-6-4-16(3)5-7-17/h8,10-12,15-17,20,22,37H,4-7,9,13-14H2,1-3H3,(H,33,34,38)/t16-,17-,20-,22+/m1/s1. The molecule has 6 rings (SSSR count). The first-order valence-corrected chi connectivity index (χ1v) is 14.2. The number of aliphatic hydroxyl groups is 1. The van der Waals surface area contributed by atoms with Crippen molar-refractivity contribution in [3.05, 3.63) is 40.2 Å². The number of nitrogens with one attached hydrogen (secondary N) is 1. The molecule has 0 aromatic carbocycles. The Labute approximate surface area is 231 Å². The number of aromatic amines is 1. The quantitative estimate of drug-likeness (QED) is 0.346. The number of hydrogen-bond donors (Lipinski definition) is 2. The third-order valence-electron chi connectivity index (χ3n) is 8.35. The molecule has 2 atom stereocenters. The molecule has 1 aliphatic carbocycles. The van der Waals surface area contributed by atoms with E-state index in [4.69, 9.17) is 26.1 Å². The molecule has 39 heavy (non-hydrogen) atoms. The van der Waals surface area contributed by atoms with Crippen molar-refractivity contribution in [1.29, 1.82) is 0 Å². The van der Waals surface area contributed by atoms with Crippen molar-refractivity contribution in [2.75, 3.05) is 11.4 Å². The van der Waals surface area contributed by atoms with Crippen molar-refractivity contribution in [3.8, 4) is 22.6 Å². The topological polar surface area (TPSA) is 126 Å². The molecule has 0 amide bonds. The third-order valence-corrected chi connectivity index (χ3v) is 8.55. The maximum absolute atomic E-state index is 11.9. The zero-order valence-electron chi connectivity index (χ0n) is 22.5. The summed E-state index contributed by atoms with van der Waals surface area (Å²) in [4.78, 5) is 31.1. The van der Waals surface area contributed by atoms with Gasteiger partial charge in [0.05, 0.1) is 27.9 Å². The average Bonchev–Trinajstić information content (AvgIpc) is 3.62. The maximum Gasteiger partial charge on any atom is 0.439 e. The molecule has 5 heterocycles. The van der Waals surface area contributed by atoms with Crippen molar-refractivity contribution in [3.63, 3.8) is 0 Å². The number of aromatic nitrogens is 6. The van der Waals surface area contributed by atoms with E-state index in [0.29, 0.717) is 46.6 Å². The fourth-order valence-corrected chi connectivity index (χ4v) is 6.43. The Balaban J connectivity index is 1.61. The molecule has 1 saturated heterocycles. The van der Waals surface area contributed by atoms with Crippen molar-refractivity contribution in [2.45, 2.75) is 71.6 Å². The van der Waals surface area contributed by atoms with Crippen LogP contribution in [0.1, 0.15) is 52.9 Å². The minimum absolute atomic E-state index is 0.140. The molecule has 4 aromatic heterocycles. The van der Waals surface area contributed by atoms with E-state index in [1.807, 2.05) is 6.07 Å². The van der Waals surface area contributed by atoms with Crippen LogP contribution in [0.2, 0.25) is 5.02 Å². The molecule has 2 aliphatic rings. The van der Waals surface area contributed by atoms with Crippen LogP contribution < -0.4 is 10.7 Å². The smallest absolute Gasteiger partial charge is 0.391 e. The number of imidazole rings is 1. The summed E-state index contributed by atoms with van der Waals surface area (Å²) >= 11 is 6.35. The van der Waals surface area contributed by atoms with Gasteiger partial charge in [0.1, 0.15) is 5.52 Å². The fraction of sp³-hybridized carbons (Fsp3) is 0.536. The van der Waals surface area contributed by atoms with Crippen LogP contribution >= 0.6 is 11.6 Å². The van der Waals surface area contributed by atoms with Gasteiger partial charge in [-0.2, -0.15) is 0 Å². The number of aliphatic hydroxyl groups excluding tert-OH is 1. The Bertz CT molecular complexity index is 1540. The molecule has 10 nitrogen and oxygen atoms in total. The van der Waals surface area contributed by atoms with Crippen LogP contribution in [-0.4, -0.2) is 53.5 Å². The summed E-state index contributed by atoms with van der Waals surface area (Å²) in [6.45, 7) is 7.97. The Morgan fingerprint density at radius 1 is 1.21 bits per heavy atom. The fourth-order valence-electron chi connectivity index (χ4n) is 6.26. The van der Waals surface area contributed by atoms with Crippen LogP contribution in [0.15, 0.2) is 34.0 Å². The molecule has 11 heteroatoms. The molecular formula is C28H34ClN7O3. The normalized spacial score (nSPS) is 23.8. The summed E-state index contributed by atoms with van der Waals surface area (Å²) in [5.74, 6) is 1.99. The van der Waals surface area contributed by atoms with Crippen molar-refractivity contribution in [1.82, 2.24) is 29.7 Å². The van der Waals surface area contributed by atoms with Crippen LogP contribution in [0.4, 0.5) is 5.95 Å². The SMILES string of the molecule is CC(C)[C@@H]1C[C@@H](O)CN1c1nc2c(-c3noc(=O)[nH]3)cnc(-c3cncc(Cl)c3)c2n1C[C@H]1CC[C@H](C)CC1. The first-order chi connectivity index (χ1) is 18.8. The molecule has 2 N–H and O–H groups in total. The lowest BCUT2D eigenvalue weighted by molar-refractivity contribution is 0.191. The van der Waals surface area contributed by atoms with Crippen LogP contribution in [0, 0.1) is 17.8 Å². The highest BCUT2D eigenvalue weighted by Gasteiger charge is 2.37. The van der Waals surface area contributed by atoms with Gasteiger partial charge in [-0.25, -0.2) is 9.78 Å². The van der Waals surface area contributed by atoms with Gasteiger partial charge in [0, 0.05) is 43.3 Å². The zero-order chi connectivity index (χ0) is 27.3. The van der Waals surface area contributed by atoms with Gasteiger partial charge in [-0.15, -0.1) is 0 Å². The minimum Gasteiger partial charge on any atom is -0.391 e. The average molecular weight is 552 g/mol. The summed E-state index contributed by atoms with van der Waals surface area (Å²) in [6.07, 6.45) is 9.98. The molecule has 206 valence electrons. The monoisotopic (exact) mass is 551 g/mol. The van der Waals surface area contributed by atoms with Gasteiger partial charge in [0.25, 0.3) is 0 Å². The second-order valence-corrected chi connectivity index (χ2v) is 12.0. The minimum atomic E-state index is -0.639. The lowest BCUT2D eigenvalue weighted by Crippen LogP contribution is -2.36.